The molecule has 126 valence electrons. The summed E-state index contributed by atoms with van der Waals surface area (Å²) in [7, 11) is 0. The molecule has 0 fully saturated rings. The molecule has 2 aromatic heterocycles. The molecule has 6 nitrogen and oxygen atoms in total. The molecular formula is C18H15ClN4O2. The number of aromatic nitrogens is 3. The standard InChI is InChI=1S/C18H15ClN4O2/c19-12-3-4-16-15(8-12)14(5-7-25-16)18(24)22-17-10-21-11-23(17)13-2-1-6-20-9-13/h1-4,6,8-11,14H,5,7H2,(H,22,24). The number of hydrogen-bond acceptors (Lipinski definition) is 4. The number of rotatable bonds is 3. The Kier molecular flexibility index (Phi) is 4.11. The van der Waals surface area contributed by atoms with E-state index in [-0.39, 0.29) is 11.8 Å². The molecule has 4 rings (SSSR count). The lowest BCUT2D eigenvalue weighted by Gasteiger charge is -2.25. The Morgan fingerprint density at radius 3 is 3.04 bits per heavy atom. The molecule has 7 heteroatoms. The number of pyridine rings is 1. The summed E-state index contributed by atoms with van der Waals surface area (Å²) in [5, 5.41) is 3.54. The van der Waals surface area contributed by atoms with Crippen LogP contribution in [0.1, 0.15) is 17.9 Å². The van der Waals surface area contributed by atoms with E-state index in [1.54, 1.807) is 47.7 Å². The number of nitrogens with zero attached hydrogens (tertiary/aromatic N) is 3. The minimum Gasteiger partial charge on any atom is -0.493 e. The number of amides is 1. The van der Waals surface area contributed by atoms with E-state index in [1.807, 2.05) is 12.1 Å². The van der Waals surface area contributed by atoms with Crippen LogP contribution in [-0.4, -0.2) is 27.0 Å². The highest BCUT2D eigenvalue weighted by molar-refractivity contribution is 6.30. The Labute approximate surface area is 149 Å². The second-order valence-electron chi connectivity index (χ2n) is 5.72. The van der Waals surface area contributed by atoms with Gasteiger partial charge in [-0.15, -0.1) is 0 Å². The largest absolute Gasteiger partial charge is 0.493 e. The van der Waals surface area contributed by atoms with Crippen LogP contribution in [0.2, 0.25) is 5.02 Å². The van der Waals surface area contributed by atoms with Crippen molar-refractivity contribution in [2.75, 3.05) is 11.9 Å². The third-order valence-electron chi connectivity index (χ3n) is 4.14. The number of ether oxygens (including phenoxy) is 1. The predicted molar refractivity (Wildman–Crippen MR) is 94.3 cm³/mol. The minimum absolute atomic E-state index is 0.113. The molecule has 0 saturated heterocycles. The Balaban J connectivity index is 1.61. The van der Waals surface area contributed by atoms with Crippen LogP contribution in [0.5, 0.6) is 5.75 Å². The summed E-state index contributed by atoms with van der Waals surface area (Å²) < 4.78 is 7.40. The number of halogens is 1. The summed E-state index contributed by atoms with van der Waals surface area (Å²) in [4.78, 5) is 21.1. The monoisotopic (exact) mass is 354 g/mol. The van der Waals surface area contributed by atoms with Gasteiger partial charge in [-0.25, -0.2) is 4.98 Å². The fraction of sp³-hybridized carbons (Fsp3) is 0.167. The third kappa shape index (κ3) is 3.08. The topological polar surface area (TPSA) is 69.0 Å². The van der Waals surface area contributed by atoms with Crippen LogP contribution in [0.15, 0.2) is 55.2 Å². The van der Waals surface area contributed by atoms with E-state index in [9.17, 15) is 4.79 Å². The van der Waals surface area contributed by atoms with Gasteiger partial charge in [-0.2, -0.15) is 0 Å². The molecular weight excluding hydrogens is 340 g/mol. The molecule has 0 radical (unpaired) electrons. The van der Waals surface area contributed by atoms with Gasteiger partial charge < -0.3 is 10.1 Å². The summed E-state index contributed by atoms with van der Waals surface area (Å²) >= 11 is 6.09. The highest BCUT2D eigenvalue weighted by atomic mass is 35.5. The van der Waals surface area contributed by atoms with Gasteiger partial charge in [-0.1, -0.05) is 11.6 Å². The average molecular weight is 355 g/mol. The summed E-state index contributed by atoms with van der Waals surface area (Å²) in [6, 6.07) is 9.08. The SMILES string of the molecule is O=C(Nc1cncn1-c1cccnc1)C1CCOc2ccc(Cl)cc21. The van der Waals surface area contributed by atoms with Crippen molar-refractivity contribution in [1.29, 1.82) is 0 Å². The van der Waals surface area contributed by atoms with Gasteiger partial charge in [0.05, 0.1) is 30.6 Å². The van der Waals surface area contributed by atoms with E-state index < -0.39 is 0 Å². The molecule has 1 aromatic carbocycles. The van der Waals surface area contributed by atoms with Gasteiger partial charge in [-0.05, 0) is 36.8 Å². The van der Waals surface area contributed by atoms with Crippen LogP contribution in [0, 0.1) is 0 Å². The van der Waals surface area contributed by atoms with Gasteiger partial charge in [0.2, 0.25) is 5.91 Å². The summed E-state index contributed by atoms with van der Waals surface area (Å²) in [6.45, 7) is 0.495. The number of benzene rings is 1. The van der Waals surface area contributed by atoms with Gasteiger partial charge in [0.1, 0.15) is 17.9 Å². The van der Waals surface area contributed by atoms with Gasteiger partial charge in [0, 0.05) is 16.8 Å². The molecule has 25 heavy (non-hydrogen) atoms. The number of nitrogens with one attached hydrogen (secondary N) is 1. The zero-order valence-corrected chi connectivity index (χ0v) is 14.0. The Hall–Kier alpha value is -2.86. The second-order valence-corrected chi connectivity index (χ2v) is 6.16. The molecule has 1 aliphatic rings. The number of hydrogen-bond donors (Lipinski definition) is 1. The first kappa shape index (κ1) is 15.7. The van der Waals surface area contributed by atoms with E-state index in [1.165, 1.54) is 0 Å². The van der Waals surface area contributed by atoms with Crippen molar-refractivity contribution >= 4 is 23.3 Å². The Morgan fingerprint density at radius 2 is 2.20 bits per heavy atom. The second kappa shape index (κ2) is 6.57. The average Bonchev–Trinajstić information content (AvgIpc) is 3.10. The summed E-state index contributed by atoms with van der Waals surface area (Å²) in [5.41, 5.74) is 1.63. The maximum Gasteiger partial charge on any atom is 0.233 e. The van der Waals surface area contributed by atoms with Gasteiger partial charge >= 0.3 is 0 Å². The smallest absolute Gasteiger partial charge is 0.233 e. The summed E-state index contributed by atoms with van der Waals surface area (Å²) in [5.74, 6) is 0.863. The normalized spacial score (nSPS) is 16.0. The highest BCUT2D eigenvalue weighted by Gasteiger charge is 2.28. The zero-order chi connectivity index (χ0) is 17.2. The minimum atomic E-state index is -0.320. The van der Waals surface area contributed by atoms with E-state index in [0.717, 1.165) is 11.3 Å². The maximum atomic E-state index is 12.9. The van der Waals surface area contributed by atoms with Crippen LogP contribution in [0.3, 0.4) is 0 Å². The number of imidazole rings is 1. The van der Waals surface area contributed by atoms with Crippen LogP contribution in [0.25, 0.3) is 5.69 Å². The third-order valence-corrected chi connectivity index (χ3v) is 4.38. The number of anilines is 1. The molecule has 3 heterocycles. The first-order valence-electron chi connectivity index (χ1n) is 7.88. The van der Waals surface area contributed by atoms with E-state index in [2.05, 4.69) is 15.3 Å². The van der Waals surface area contributed by atoms with Crippen LogP contribution < -0.4 is 10.1 Å². The maximum absolute atomic E-state index is 12.9. The molecule has 3 aromatic rings. The first-order chi connectivity index (χ1) is 12.2. The van der Waals surface area contributed by atoms with Gasteiger partial charge in [0.25, 0.3) is 0 Å². The zero-order valence-electron chi connectivity index (χ0n) is 13.2. The molecule has 1 amide bonds. The fourth-order valence-electron chi connectivity index (χ4n) is 2.94. The number of fused-ring (bicyclic) bond motifs is 1. The molecule has 0 spiro atoms. The Bertz CT molecular complexity index is 910. The first-order valence-corrected chi connectivity index (χ1v) is 8.26. The van der Waals surface area contributed by atoms with Crippen molar-refractivity contribution in [1.82, 2.24) is 14.5 Å². The number of carbonyl (C=O) groups excluding carboxylic acids is 1. The van der Waals surface area contributed by atoms with Crippen molar-refractivity contribution < 1.29 is 9.53 Å². The molecule has 0 saturated carbocycles. The van der Waals surface area contributed by atoms with Crippen LogP contribution >= 0.6 is 11.6 Å². The van der Waals surface area contributed by atoms with Crippen molar-refractivity contribution in [2.45, 2.75) is 12.3 Å². The van der Waals surface area contributed by atoms with Crippen molar-refractivity contribution in [3.63, 3.8) is 0 Å². The Morgan fingerprint density at radius 1 is 1.28 bits per heavy atom. The summed E-state index contributed by atoms with van der Waals surface area (Å²) in [6.07, 6.45) is 7.26. The molecule has 0 aliphatic carbocycles. The van der Waals surface area contributed by atoms with Crippen molar-refractivity contribution in [2.24, 2.45) is 0 Å². The van der Waals surface area contributed by atoms with Crippen molar-refractivity contribution in [3.8, 4) is 11.4 Å². The van der Waals surface area contributed by atoms with Crippen LogP contribution in [0.4, 0.5) is 5.82 Å². The molecule has 1 atom stereocenters. The molecule has 1 unspecified atom stereocenters. The van der Waals surface area contributed by atoms with E-state index in [4.69, 9.17) is 16.3 Å². The van der Waals surface area contributed by atoms with Gasteiger partial charge in [-0.3, -0.25) is 14.3 Å². The number of carbonyl (C=O) groups is 1. The molecule has 0 bridgehead atoms. The lowest BCUT2D eigenvalue weighted by Crippen LogP contribution is -2.27. The highest BCUT2D eigenvalue weighted by Crippen LogP contribution is 2.36. The van der Waals surface area contributed by atoms with E-state index in [0.29, 0.717) is 29.6 Å². The lowest BCUT2D eigenvalue weighted by atomic mass is 9.92. The quantitative estimate of drug-likeness (QED) is 0.782. The lowest BCUT2D eigenvalue weighted by molar-refractivity contribution is -0.118. The fourth-order valence-corrected chi connectivity index (χ4v) is 3.12. The molecule has 1 aliphatic heterocycles. The molecule has 1 N–H and O–H groups in total. The van der Waals surface area contributed by atoms with Crippen LogP contribution in [-0.2, 0) is 4.79 Å². The van der Waals surface area contributed by atoms with Crippen molar-refractivity contribution in [3.05, 3.63) is 65.8 Å². The van der Waals surface area contributed by atoms with Gasteiger partial charge in [0.15, 0.2) is 0 Å². The van der Waals surface area contributed by atoms with E-state index >= 15 is 0 Å². The predicted octanol–water partition coefficient (Wildman–Crippen LogP) is 3.43.